The molecular formula is C17H21NO2. The Hall–Kier alpha value is -1.35. The molecule has 0 radical (unpaired) electrons. The smallest absolute Gasteiger partial charge is 0.228 e. The van der Waals surface area contributed by atoms with Crippen LogP contribution in [-0.4, -0.2) is 11.0 Å². The molecule has 106 valence electrons. The van der Waals surface area contributed by atoms with E-state index in [4.69, 9.17) is 0 Å². The Morgan fingerprint density at radius 2 is 1.80 bits per heavy atom. The van der Waals surface area contributed by atoms with E-state index in [0.29, 0.717) is 11.8 Å². The summed E-state index contributed by atoms with van der Waals surface area (Å²) in [7, 11) is 0. The Labute approximate surface area is 119 Å². The first-order valence-electron chi connectivity index (χ1n) is 7.74. The lowest BCUT2D eigenvalue weighted by Gasteiger charge is -2.10. The van der Waals surface area contributed by atoms with Crippen LogP contribution in [0.5, 0.6) is 0 Å². The minimum atomic E-state index is -0.460. The molecular weight excluding hydrogens is 250 g/mol. The monoisotopic (exact) mass is 271 g/mol. The lowest BCUT2D eigenvalue weighted by Crippen LogP contribution is -2.18. The van der Waals surface area contributed by atoms with E-state index in [-0.39, 0.29) is 11.8 Å². The number of hydrogen-bond acceptors (Lipinski definition) is 2. The van der Waals surface area contributed by atoms with Crippen LogP contribution >= 0.6 is 0 Å². The highest BCUT2D eigenvalue weighted by Gasteiger charge is 2.67. The van der Waals surface area contributed by atoms with Gasteiger partial charge in [-0.2, -0.15) is 0 Å². The molecule has 3 aliphatic carbocycles. The summed E-state index contributed by atoms with van der Waals surface area (Å²) in [6.45, 7) is 1.74. The topological polar surface area (TPSA) is 49.3 Å². The highest BCUT2D eigenvalue weighted by molar-refractivity contribution is 5.95. The molecule has 0 aromatic heterocycles. The second-order valence-corrected chi connectivity index (χ2v) is 6.80. The minimum Gasteiger partial charge on any atom is -0.389 e. The van der Waals surface area contributed by atoms with Crippen molar-refractivity contribution < 1.29 is 9.90 Å². The molecule has 1 aromatic rings. The normalized spacial score (nSPS) is 38.4. The van der Waals surface area contributed by atoms with Crippen LogP contribution in [0.15, 0.2) is 24.3 Å². The molecule has 20 heavy (non-hydrogen) atoms. The molecule has 3 saturated carbocycles. The molecule has 0 heterocycles. The van der Waals surface area contributed by atoms with Crippen molar-refractivity contribution in [3.8, 4) is 0 Å². The molecule has 1 aromatic carbocycles. The number of carbonyl (C=O) groups is 1. The number of amides is 1. The first-order chi connectivity index (χ1) is 9.65. The number of rotatable bonds is 3. The Morgan fingerprint density at radius 1 is 1.20 bits per heavy atom. The number of anilines is 1. The van der Waals surface area contributed by atoms with Gasteiger partial charge in [-0.05, 0) is 67.6 Å². The molecule has 3 fully saturated rings. The van der Waals surface area contributed by atoms with Gasteiger partial charge in [0, 0.05) is 11.6 Å². The third kappa shape index (κ3) is 1.80. The van der Waals surface area contributed by atoms with Gasteiger partial charge >= 0.3 is 0 Å². The molecule has 0 spiro atoms. The fourth-order valence-electron chi connectivity index (χ4n) is 4.75. The van der Waals surface area contributed by atoms with Gasteiger partial charge in [-0.3, -0.25) is 4.79 Å². The molecule has 3 nitrogen and oxygen atoms in total. The van der Waals surface area contributed by atoms with Gasteiger partial charge in [0.15, 0.2) is 0 Å². The lowest BCUT2D eigenvalue weighted by atomic mass is 10.0. The summed E-state index contributed by atoms with van der Waals surface area (Å²) in [6.07, 6.45) is 3.61. The van der Waals surface area contributed by atoms with Crippen molar-refractivity contribution in [3.63, 3.8) is 0 Å². The Kier molecular flexibility index (Phi) is 2.68. The van der Waals surface area contributed by atoms with Crippen LogP contribution in [-0.2, 0) is 4.79 Å². The highest BCUT2D eigenvalue weighted by atomic mass is 16.3. The molecule has 0 saturated heterocycles. The van der Waals surface area contributed by atoms with Crippen molar-refractivity contribution in [2.75, 3.05) is 5.32 Å². The maximum atomic E-state index is 12.4. The van der Waals surface area contributed by atoms with Crippen LogP contribution in [0, 0.1) is 29.6 Å². The van der Waals surface area contributed by atoms with Crippen molar-refractivity contribution >= 4 is 11.6 Å². The van der Waals surface area contributed by atoms with Gasteiger partial charge < -0.3 is 10.4 Å². The van der Waals surface area contributed by atoms with Crippen LogP contribution in [0.25, 0.3) is 0 Å². The van der Waals surface area contributed by atoms with Gasteiger partial charge in [0.25, 0.3) is 0 Å². The van der Waals surface area contributed by atoms with E-state index in [1.54, 1.807) is 6.92 Å². The van der Waals surface area contributed by atoms with E-state index in [1.807, 2.05) is 24.3 Å². The number of aliphatic hydroxyl groups excluding tert-OH is 1. The van der Waals surface area contributed by atoms with Gasteiger partial charge in [0.05, 0.1) is 6.10 Å². The number of nitrogens with one attached hydrogen (secondary N) is 1. The fourth-order valence-corrected chi connectivity index (χ4v) is 4.75. The van der Waals surface area contributed by atoms with Crippen LogP contribution in [0.3, 0.4) is 0 Å². The Bertz CT molecular complexity index is 520. The molecule has 3 aliphatic rings. The third-order valence-corrected chi connectivity index (χ3v) is 5.70. The highest BCUT2D eigenvalue weighted by Crippen LogP contribution is 2.69. The summed E-state index contributed by atoms with van der Waals surface area (Å²) in [5.41, 5.74) is 1.72. The maximum Gasteiger partial charge on any atom is 0.228 e. The second-order valence-electron chi connectivity index (χ2n) is 6.80. The summed E-state index contributed by atoms with van der Waals surface area (Å²) in [4.78, 5) is 12.4. The molecule has 3 heteroatoms. The van der Waals surface area contributed by atoms with Crippen molar-refractivity contribution in [2.45, 2.75) is 32.3 Å². The van der Waals surface area contributed by atoms with Crippen LogP contribution < -0.4 is 5.32 Å². The number of fused-ring (bicyclic) bond motifs is 5. The van der Waals surface area contributed by atoms with E-state index < -0.39 is 6.10 Å². The molecule has 2 bridgehead atoms. The van der Waals surface area contributed by atoms with Crippen molar-refractivity contribution in [1.82, 2.24) is 0 Å². The number of hydrogen-bond donors (Lipinski definition) is 2. The maximum absolute atomic E-state index is 12.4. The molecule has 0 aliphatic heterocycles. The first-order valence-corrected chi connectivity index (χ1v) is 7.74. The van der Waals surface area contributed by atoms with Gasteiger partial charge in [-0.1, -0.05) is 12.1 Å². The fraction of sp³-hybridized carbons (Fsp3) is 0.588. The van der Waals surface area contributed by atoms with E-state index in [1.165, 1.54) is 19.3 Å². The number of benzene rings is 1. The van der Waals surface area contributed by atoms with E-state index in [9.17, 15) is 9.90 Å². The lowest BCUT2D eigenvalue weighted by molar-refractivity contribution is -0.118. The average molecular weight is 271 g/mol. The number of carbonyl (C=O) groups excluding carboxylic acids is 1. The first kappa shape index (κ1) is 12.4. The van der Waals surface area contributed by atoms with E-state index in [0.717, 1.165) is 23.1 Å². The summed E-state index contributed by atoms with van der Waals surface area (Å²) in [5.74, 6) is 3.52. The zero-order chi connectivity index (χ0) is 13.9. The zero-order valence-electron chi connectivity index (χ0n) is 11.8. The molecule has 4 rings (SSSR count). The summed E-state index contributed by atoms with van der Waals surface area (Å²) >= 11 is 0. The zero-order valence-corrected chi connectivity index (χ0v) is 11.8. The second kappa shape index (κ2) is 4.32. The van der Waals surface area contributed by atoms with Crippen molar-refractivity contribution in [1.29, 1.82) is 0 Å². The van der Waals surface area contributed by atoms with Crippen molar-refractivity contribution in [2.24, 2.45) is 29.6 Å². The van der Waals surface area contributed by atoms with Gasteiger partial charge in [-0.15, -0.1) is 0 Å². The standard InChI is InChI=1S/C17H21NO2/c1-9(19)10-4-6-13(7-5-10)18-17(20)16-14-11-2-3-12(8-11)15(14)16/h4-7,9,11-12,14-16,19H,2-3,8H2,1H3,(H,18,20). The molecule has 1 amide bonds. The number of aliphatic hydroxyl groups is 1. The summed E-state index contributed by atoms with van der Waals surface area (Å²) < 4.78 is 0. The summed E-state index contributed by atoms with van der Waals surface area (Å²) in [6, 6.07) is 7.51. The predicted octanol–water partition coefficient (Wildman–Crippen LogP) is 2.97. The van der Waals surface area contributed by atoms with Crippen LogP contribution in [0.1, 0.15) is 37.9 Å². The van der Waals surface area contributed by atoms with Gasteiger partial charge in [0.2, 0.25) is 5.91 Å². The molecule has 2 N–H and O–H groups in total. The minimum absolute atomic E-state index is 0.210. The van der Waals surface area contributed by atoms with E-state index in [2.05, 4.69) is 5.32 Å². The van der Waals surface area contributed by atoms with Gasteiger partial charge in [0.1, 0.15) is 0 Å². The predicted molar refractivity (Wildman–Crippen MR) is 77.0 cm³/mol. The van der Waals surface area contributed by atoms with Crippen molar-refractivity contribution in [3.05, 3.63) is 29.8 Å². The summed E-state index contributed by atoms with van der Waals surface area (Å²) in [5, 5.41) is 12.5. The molecule has 5 unspecified atom stereocenters. The van der Waals surface area contributed by atoms with Gasteiger partial charge in [-0.25, -0.2) is 0 Å². The Morgan fingerprint density at radius 3 is 2.35 bits per heavy atom. The van der Waals surface area contributed by atoms with Crippen LogP contribution in [0.4, 0.5) is 5.69 Å². The largest absolute Gasteiger partial charge is 0.389 e. The average Bonchev–Trinajstić information content (AvgIpc) is 2.89. The molecule has 5 atom stereocenters. The van der Waals surface area contributed by atoms with Crippen LogP contribution in [0.2, 0.25) is 0 Å². The SMILES string of the molecule is CC(O)c1ccc(NC(=O)C2C3C4CCC(C4)C23)cc1. The third-order valence-electron chi connectivity index (χ3n) is 5.70. The Balaban J connectivity index is 1.41. The quantitative estimate of drug-likeness (QED) is 0.888. The van der Waals surface area contributed by atoms with E-state index >= 15 is 0 Å².